The summed E-state index contributed by atoms with van der Waals surface area (Å²) >= 11 is 0. The topological polar surface area (TPSA) is 15.3 Å². The molecule has 2 heteroatoms. The molecule has 0 amide bonds. The van der Waals surface area contributed by atoms with Gasteiger partial charge < -0.3 is 10.2 Å². The van der Waals surface area contributed by atoms with E-state index in [1.807, 2.05) is 0 Å². The van der Waals surface area contributed by atoms with Crippen molar-refractivity contribution in [2.24, 2.45) is 17.3 Å². The first-order valence-electron chi connectivity index (χ1n) is 9.42. The molecular formula is C19H38N2. The van der Waals surface area contributed by atoms with Crippen LogP contribution in [0, 0.1) is 17.3 Å². The molecule has 0 heterocycles. The van der Waals surface area contributed by atoms with Crippen molar-refractivity contribution < 1.29 is 0 Å². The fourth-order valence-corrected chi connectivity index (χ4v) is 4.74. The third-order valence-electron chi connectivity index (χ3n) is 5.82. The Kier molecular flexibility index (Phi) is 6.55. The fraction of sp³-hybridized carbons (Fsp3) is 1.00. The van der Waals surface area contributed by atoms with Crippen LogP contribution in [0.3, 0.4) is 0 Å². The summed E-state index contributed by atoms with van der Waals surface area (Å²) in [6.07, 6.45) is 11.5. The van der Waals surface area contributed by atoms with Crippen molar-refractivity contribution in [2.45, 2.75) is 78.2 Å². The van der Waals surface area contributed by atoms with Gasteiger partial charge in [-0.2, -0.15) is 0 Å². The molecule has 0 bridgehead atoms. The highest BCUT2D eigenvalue weighted by atomic mass is 15.1. The summed E-state index contributed by atoms with van der Waals surface area (Å²) in [5, 5.41) is 3.75. The Bertz CT molecular complexity index is 294. The van der Waals surface area contributed by atoms with Crippen molar-refractivity contribution in [3.05, 3.63) is 0 Å². The van der Waals surface area contributed by atoms with E-state index >= 15 is 0 Å². The van der Waals surface area contributed by atoms with Crippen LogP contribution in [0.1, 0.15) is 72.1 Å². The molecule has 2 atom stereocenters. The maximum Gasteiger partial charge on any atom is 0.0108 e. The van der Waals surface area contributed by atoms with Crippen molar-refractivity contribution in [1.82, 2.24) is 10.2 Å². The zero-order chi connectivity index (χ0) is 15.3. The third-order valence-corrected chi connectivity index (χ3v) is 5.82. The van der Waals surface area contributed by atoms with Crippen LogP contribution in [0.15, 0.2) is 0 Å². The van der Waals surface area contributed by atoms with E-state index < -0.39 is 0 Å². The lowest BCUT2D eigenvalue weighted by Gasteiger charge is -2.43. The van der Waals surface area contributed by atoms with Gasteiger partial charge in [-0.15, -0.1) is 0 Å². The molecular weight excluding hydrogens is 256 g/mol. The summed E-state index contributed by atoms with van der Waals surface area (Å²) in [7, 11) is 2.36. The maximum absolute atomic E-state index is 3.75. The molecule has 2 nitrogen and oxygen atoms in total. The number of nitrogens with one attached hydrogen (secondary N) is 1. The maximum atomic E-state index is 3.75. The van der Waals surface area contributed by atoms with E-state index in [1.54, 1.807) is 0 Å². The van der Waals surface area contributed by atoms with Crippen LogP contribution >= 0.6 is 0 Å². The van der Waals surface area contributed by atoms with E-state index in [4.69, 9.17) is 0 Å². The van der Waals surface area contributed by atoms with Crippen LogP contribution in [0.4, 0.5) is 0 Å². The monoisotopic (exact) mass is 294 g/mol. The summed E-state index contributed by atoms with van der Waals surface area (Å²) in [6, 6.07) is 0.747. The van der Waals surface area contributed by atoms with Gasteiger partial charge in [0.25, 0.3) is 0 Å². The Morgan fingerprint density at radius 2 is 1.76 bits per heavy atom. The van der Waals surface area contributed by atoms with E-state index in [9.17, 15) is 0 Å². The standard InChI is InChI=1S/C19H38N2/c1-5-20-18-11-12-19(2,3)13-17(18)15-21(4)14-16-9-7-6-8-10-16/h16-18,20H,5-15H2,1-4H3. The van der Waals surface area contributed by atoms with Gasteiger partial charge in [0.1, 0.15) is 0 Å². The molecule has 2 fully saturated rings. The minimum absolute atomic E-state index is 0.544. The highest BCUT2D eigenvalue weighted by Crippen LogP contribution is 2.39. The predicted molar refractivity (Wildman–Crippen MR) is 92.7 cm³/mol. The van der Waals surface area contributed by atoms with Gasteiger partial charge in [0.2, 0.25) is 0 Å². The van der Waals surface area contributed by atoms with Crippen molar-refractivity contribution >= 4 is 0 Å². The first-order chi connectivity index (χ1) is 10.00. The van der Waals surface area contributed by atoms with Crippen LogP contribution in [0.5, 0.6) is 0 Å². The van der Waals surface area contributed by atoms with Crippen LogP contribution < -0.4 is 5.32 Å². The highest BCUT2D eigenvalue weighted by molar-refractivity contribution is 4.90. The van der Waals surface area contributed by atoms with Gasteiger partial charge in [-0.3, -0.25) is 0 Å². The molecule has 0 saturated heterocycles. The largest absolute Gasteiger partial charge is 0.314 e. The van der Waals surface area contributed by atoms with Gasteiger partial charge in [0, 0.05) is 19.1 Å². The molecule has 1 N–H and O–H groups in total. The van der Waals surface area contributed by atoms with Gasteiger partial charge in [0.05, 0.1) is 0 Å². The third kappa shape index (κ3) is 5.56. The Morgan fingerprint density at radius 3 is 2.43 bits per heavy atom. The summed E-state index contributed by atoms with van der Waals surface area (Å²) in [5.74, 6) is 1.81. The van der Waals surface area contributed by atoms with Crippen molar-refractivity contribution in [3.8, 4) is 0 Å². The van der Waals surface area contributed by atoms with Gasteiger partial charge in [0.15, 0.2) is 0 Å². The summed E-state index contributed by atoms with van der Waals surface area (Å²) < 4.78 is 0. The zero-order valence-electron chi connectivity index (χ0n) is 15.0. The first kappa shape index (κ1) is 17.3. The number of hydrogen-bond acceptors (Lipinski definition) is 2. The average Bonchev–Trinajstić information content (AvgIpc) is 2.42. The fourth-order valence-electron chi connectivity index (χ4n) is 4.74. The molecule has 0 radical (unpaired) electrons. The van der Waals surface area contributed by atoms with Crippen LogP contribution in [0.2, 0.25) is 0 Å². The predicted octanol–water partition coefficient (Wildman–Crippen LogP) is 4.30. The normalized spacial score (nSPS) is 30.7. The molecule has 0 spiro atoms. The van der Waals surface area contributed by atoms with Gasteiger partial charge >= 0.3 is 0 Å². The summed E-state index contributed by atoms with van der Waals surface area (Å²) in [5.41, 5.74) is 0.544. The molecule has 124 valence electrons. The smallest absolute Gasteiger partial charge is 0.0108 e. The average molecular weight is 295 g/mol. The van der Waals surface area contributed by atoms with E-state index in [2.05, 4.69) is 38.0 Å². The van der Waals surface area contributed by atoms with Crippen LogP contribution in [-0.4, -0.2) is 37.6 Å². The molecule has 21 heavy (non-hydrogen) atoms. The molecule has 0 aromatic rings. The quantitative estimate of drug-likeness (QED) is 0.785. The lowest BCUT2D eigenvalue weighted by atomic mass is 9.69. The van der Waals surface area contributed by atoms with Crippen LogP contribution in [-0.2, 0) is 0 Å². The van der Waals surface area contributed by atoms with Crippen molar-refractivity contribution in [1.29, 1.82) is 0 Å². The molecule has 2 saturated carbocycles. The van der Waals surface area contributed by atoms with E-state index in [0.29, 0.717) is 5.41 Å². The molecule has 2 aliphatic rings. The number of hydrogen-bond donors (Lipinski definition) is 1. The SMILES string of the molecule is CCNC1CCC(C)(C)CC1CN(C)CC1CCCCC1. The zero-order valence-corrected chi connectivity index (χ0v) is 15.0. The molecule has 0 aliphatic heterocycles. The Balaban J connectivity index is 1.84. The Hall–Kier alpha value is -0.0800. The van der Waals surface area contributed by atoms with Gasteiger partial charge in [-0.25, -0.2) is 0 Å². The molecule has 0 aromatic carbocycles. The van der Waals surface area contributed by atoms with Crippen molar-refractivity contribution in [3.63, 3.8) is 0 Å². The highest BCUT2D eigenvalue weighted by Gasteiger charge is 2.35. The van der Waals surface area contributed by atoms with Crippen molar-refractivity contribution in [2.75, 3.05) is 26.7 Å². The van der Waals surface area contributed by atoms with Crippen LogP contribution in [0.25, 0.3) is 0 Å². The lowest BCUT2D eigenvalue weighted by Crippen LogP contribution is -2.47. The van der Waals surface area contributed by atoms with Gasteiger partial charge in [-0.1, -0.05) is 40.0 Å². The summed E-state index contributed by atoms with van der Waals surface area (Å²) in [6.45, 7) is 10.9. The molecule has 2 rings (SSSR count). The molecule has 2 unspecified atom stereocenters. The second-order valence-electron chi connectivity index (χ2n) is 8.56. The second-order valence-corrected chi connectivity index (χ2v) is 8.56. The van der Waals surface area contributed by atoms with Gasteiger partial charge in [-0.05, 0) is 62.9 Å². The van der Waals surface area contributed by atoms with E-state index in [0.717, 1.165) is 24.4 Å². The molecule has 0 aromatic heterocycles. The summed E-state index contributed by atoms with van der Waals surface area (Å²) in [4.78, 5) is 2.65. The minimum atomic E-state index is 0.544. The van der Waals surface area contributed by atoms with E-state index in [1.165, 1.54) is 64.5 Å². The molecule has 2 aliphatic carbocycles. The Morgan fingerprint density at radius 1 is 1.05 bits per heavy atom. The second kappa shape index (κ2) is 7.97. The number of rotatable bonds is 6. The number of nitrogens with zero attached hydrogens (tertiary/aromatic N) is 1. The van der Waals surface area contributed by atoms with E-state index in [-0.39, 0.29) is 0 Å². The first-order valence-corrected chi connectivity index (χ1v) is 9.42. The Labute approximate surface area is 133 Å². The lowest BCUT2D eigenvalue weighted by molar-refractivity contribution is 0.101. The minimum Gasteiger partial charge on any atom is -0.314 e.